The number of nitrogens with one attached hydrogen (secondary N) is 1. The van der Waals surface area contributed by atoms with Crippen LogP contribution in [0, 0.1) is 6.92 Å². The number of rotatable bonds is 2. The summed E-state index contributed by atoms with van der Waals surface area (Å²) in [6, 6.07) is 6.56. The lowest BCUT2D eigenvalue weighted by Gasteiger charge is -2.06. The molecule has 2 aromatic heterocycles. The first kappa shape index (κ1) is 11.0. The molecule has 0 radical (unpaired) electrons. The van der Waals surface area contributed by atoms with E-state index in [-0.39, 0.29) is 17.4 Å². The van der Waals surface area contributed by atoms with Crippen LogP contribution in [0.5, 0.6) is 0 Å². The fourth-order valence-electron chi connectivity index (χ4n) is 1.27. The van der Waals surface area contributed by atoms with Gasteiger partial charge in [-0.25, -0.2) is 0 Å². The van der Waals surface area contributed by atoms with E-state index in [1.54, 1.807) is 18.3 Å². The standard InChI is InChI=1S/C11H11N5O/c1-7-8(3-2-6-13-7)14-11(17)9-4-5-10(12)16-15-9/h2-6H,1H3,(H2,12,16)(H,14,17). The Morgan fingerprint density at radius 1 is 1.29 bits per heavy atom. The molecule has 6 heteroatoms. The second kappa shape index (κ2) is 4.56. The van der Waals surface area contributed by atoms with Crippen LogP contribution in [0.2, 0.25) is 0 Å². The van der Waals surface area contributed by atoms with Gasteiger partial charge in [0.25, 0.3) is 5.91 Å². The molecule has 86 valence electrons. The third-order valence-electron chi connectivity index (χ3n) is 2.17. The summed E-state index contributed by atoms with van der Waals surface area (Å²) in [6.45, 7) is 1.81. The molecule has 0 atom stereocenters. The summed E-state index contributed by atoms with van der Waals surface area (Å²) in [7, 11) is 0. The number of anilines is 2. The van der Waals surface area contributed by atoms with Gasteiger partial charge < -0.3 is 11.1 Å². The maximum Gasteiger partial charge on any atom is 0.276 e. The number of nitrogens with two attached hydrogens (primary N) is 1. The number of carbonyl (C=O) groups is 1. The van der Waals surface area contributed by atoms with Gasteiger partial charge in [0.1, 0.15) is 5.82 Å². The quantitative estimate of drug-likeness (QED) is 0.801. The number of carbonyl (C=O) groups excluding carboxylic acids is 1. The summed E-state index contributed by atoms with van der Waals surface area (Å²) in [4.78, 5) is 15.9. The highest BCUT2D eigenvalue weighted by atomic mass is 16.1. The lowest BCUT2D eigenvalue weighted by atomic mass is 10.3. The molecule has 0 spiro atoms. The number of aryl methyl sites for hydroxylation is 1. The predicted octanol–water partition coefficient (Wildman–Crippen LogP) is 1.01. The van der Waals surface area contributed by atoms with E-state index in [1.807, 2.05) is 6.92 Å². The van der Waals surface area contributed by atoms with E-state index in [1.165, 1.54) is 12.1 Å². The lowest BCUT2D eigenvalue weighted by Crippen LogP contribution is -2.15. The second-order valence-electron chi connectivity index (χ2n) is 3.43. The first-order valence-corrected chi connectivity index (χ1v) is 4.99. The monoisotopic (exact) mass is 229 g/mol. The minimum absolute atomic E-state index is 0.211. The van der Waals surface area contributed by atoms with E-state index in [0.717, 1.165) is 5.69 Å². The number of hydrogen-bond donors (Lipinski definition) is 2. The zero-order valence-corrected chi connectivity index (χ0v) is 9.21. The third-order valence-corrected chi connectivity index (χ3v) is 2.17. The van der Waals surface area contributed by atoms with E-state index >= 15 is 0 Å². The van der Waals surface area contributed by atoms with Crippen molar-refractivity contribution in [3.8, 4) is 0 Å². The van der Waals surface area contributed by atoms with Crippen LogP contribution in [0.15, 0.2) is 30.5 Å². The molecule has 0 saturated carbocycles. The van der Waals surface area contributed by atoms with Crippen molar-refractivity contribution in [2.75, 3.05) is 11.1 Å². The largest absolute Gasteiger partial charge is 0.382 e. The molecule has 0 saturated heterocycles. The summed E-state index contributed by atoms with van der Waals surface area (Å²) in [6.07, 6.45) is 1.66. The Morgan fingerprint density at radius 2 is 2.12 bits per heavy atom. The molecule has 0 fully saturated rings. The Hall–Kier alpha value is -2.50. The Labute approximate surface area is 97.9 Å². The molecular formula is C11H11N5O. The van der Waals surface area contributed by atoms with Gasteiger partial charge in [0, 0.05) is 6.20 Å². The van der Waals surface area contributed by atoms with Crippen LogP contribution in [0.1, 0.15) is 16.2 Å². The van der Waals surface area contributed by atoms with Crippen molar-refractivity contribution < 1.29 is 4.79 Å². The molecular weight excluding hydrogens is 218 g/mol. The van der Waals surface area contributed by atoms with Crippen LogP contribution in [0.3, 0.4) is 0 Å². The minimum Gasteiger partial charge on any atom is -0.382 e. The molecule has 0 aromatic carbocycles. The smallest absolute Gasteiger partial charge is 0.276 e. The van der Waals surface area contributed by atoms with Gasteiger partial charge in [-0.1, -0.05) is 0 Å². The van der Waals surface area contributed by atoms with Gasteiger partial charge in [-0.05, 0) is 31.2 Å². The highest BCUT2D eigenvalue weighted by molar-refractivity contribution is 6.03. The average molecular weight is 229 g/mol. The molecule has 0 aliphatic rings. The zero-order valence-electron chi connectivity index (χ0n) is 9.21. The van der Waals surface area contributed by atoms with Crippen LogP contribution in [-0.2, 0) is 0 Å². The van der Waals surface area contributed by atoms with Crippen molar-refractivity contribution in [3.63, 3.8) is 0 Å². The van der Waals surface area contributed by atoms with Crippen molar-refractivity contribution in [3.05, 3.63) is 41.9 Å². The Kier molecular flexibility index (Phi) is 2.95. The van der Waals surface area contributed by atoms with Crippen molar-refractivity contribution in [2.24, 2.45) is 0 Å². The highest BCUT2D eigenvalue weighted by Crippen LogP contribution is 2.11. The molecule has 1 amide bonds. The molecule has 0 bridgehead atoms. The van der Waals surface area contributed by atoms with Crippen molar-refractivity contribution in [2.45, 2.75) is 6.92 Å². The first-order valence-electron chi connectivity index (χ1n) is 4.99. The number of nitrogens with zero attached hydrogens (tertiary/aromatic N) is 3. The summed E-state index contributed by atoms with van der Waals surface area (Å²) in [5.41, 5.74) is 6.99. The average Bonchev–Trinajstić information content (AvgIpc) is 2.33. The molecule has 3 N–H and O–H groups in total. The number of aromatic nitrogens is 3. The molecule has 0 unspecified atom stereocenters. The van der Waals surface area contributed by atoms with Crippen molar-refractivity contribution in [1.29, 1.82) is 0 Å². The number of amides is 1. The van der Waals surface area contributed by atoms with Crippen LogP contribution in [0.25, 0.3) is 0 Å². The van der Waals surface area contributed by atoms with Crippen molar-refractivity contribution >= 4 is 17.4 Å². The molecule has 6 nitrogen and oxygen atoms in total. The zero-order chi connectivity index (χ0) is 12.3. The fraction of sp³-hybridized carbons (Fsp3) is 0.0909. The molecule has 2 aromatic rings. The summed E-state index contributed by atoms with van der Waals surface area (Å²) >= 11 is 0. The van der Waals surface area contributed by atoms with Crippen LogP contribution < -0.4 is 11.1 Å². The van der Waals surface area contributed by atoms with E-state index in [9.17, 15) is 4.79 Å². The van der Waals surface area contributed by atoms with Gasteiger partial charge in [0.2, 0.25) is 0 Å². The van der Waals surface area contributed by atoms with Crippen LogP contribution in [-0.4, -0.2) is 21.1 Å². The van der Waals surface area contributed by atoms with Gasteiger partial charge in [-0.3, -0.25) is 9.78 Å². The number of pyridine rings is 1. The topological polar surface area (TPSA) is 93.8 Å². The van der Waals surface area contributed by atoms with E-state index in [0.29, 0.717) is 5.69 Å². The van der Waals surface area contributed by atoms with Crippen molar-refractivity contribution in [1.82, 2.24) is 15.2 Å². The molecule has 2 heterocycles. The van der Waals surface area contributed by atoms with Gasteiger partial charge in [-0.15, -0.1) is 10.2 Å². The predicted molar refractivity (Wildman–Crippen MR) is 63.4 cm³/mol. The summed E-state index contributed by atoms with van der Waals surface area (Å²) in [5, 5.41) is 10.0. The second-order valence-corrected chi connectivity index (χ2v) is 3.43. The molecule has 0 aliphatic heterocycles. The Bertz CT molecular complexity index is 538. The molecule has 17 heavy (non-hydrogen) atoms. The van der Waals surface area contributed by atoms with Crippen LogP contribution in [0.4, 0.5) is 11.5 Å². The lowest BCUT2D eigenvalue weighted by molar-refractivity contribution is 0.102. The van der Waals surface area contributed by atoms with Gasteiger partial charge >= 0.3 is 0 Å². The van der Waals surface area contributed by atoms with Crippen LogP contribution >= 0.6 is 0 Å². The summed E-state index contributed by atoms with van der Waals surface area (Å²) in [5.74, 6) is -0.0623. The fourth-order valence-corrected chi connectivity index (χ4v) is 1.27. The molecule has 2 rings (SSSR count). The Balaban J connectivity index is 2.17. The third kappa shape index (κ3) is 2.54. The number of nitrogen functional groups attached to an aromatic ring is 1. The maximum absolute atomic E-state index is 11.8. The van der Waals surface area contributed by atoms with Gasteiger partial charge in [-0.2, -0.15) is 0 Å². The maximum atomic E-state index is 11.8. The first-order chi connectivity index (χ1) is 8.16. The number of hydrogen-bond acceptors (Lipinski definition) is 5. The van der Waals surface area contributed by atoms with Gasteiger partial charge in [0.15, 0.2) is 5.69 Å². The highest BCUT2D eigenvalue weighted by Gasteiger charge is 2.09. The minimum atomic E-state index is -0.339. The van der Waals surface area contributed by atoms with Gasteiger partial charge in [0.05, 0.1) is 11.4 Å². The van der Waals surface area contributed by atoms with E-state index in [4.69, 9.17) is 5.73 Å². The van der Waals surface area contributed by atoms with E-state index < -0.39 is 0 Å². The molecule has 0 aliphatic carbocycles. The SMILES string of the molecule is Cc1ncccc1NC(=O)c1ccc(N)nn1. The normalized spacial score (nSPS) is 9.94. The summed E-state index contributed by atoms with van der Waals surface area (Å²) < 4.78 is 0. The Morgan fingerprint density at radius 3 is 2.76 bits per heavy atom. The van der Waals surface area contributed by atoms with E-state index in [2.05, 4.69) is 20.5 Å².